The fraction of sp³-hybridized carbons (Fsp3) is 0.500. The van der Waals surface area contributed by atoms with Crippen LogP contribution >= 0.6 is 0 Å². The second-order valence-electron chi connectivity index (χ2n) is 3.95. The van der Waals surface area contributed by atoms with Gasteiger partial charge in [0.2, 0.25) is 0 Å². The maximum atomic E-state index is 13.2. The van der Waals surface area contributed by atoms with Gasteiger partial charge in [0.25, 0.3) is 0 Å². The summed E-state index contributed by atoms with van der Waals surface area (Å²) in [5.41, 5.74) is 0.733. The molecule has 15 heavy (non-hydrogen) atoms. The van der Waals surface area contributed by atoms with E-state index in [4.69, 9.17) is 4.74 Å². The van der Waals surface area contributed by atoms with Crippen LogP contribution in [0.3, 0.4) is 0 Å². The van der Waals surface area contributed by atoms with Gasteiger partial charge < -0.3 is 10.1 Å². The smallest absolute Gasteiger partial charge is 0.127 e. The summed E-state index contributed by atoms with van der Waals surface area (Å²) in [7, 11) is 0. The molecule has 1 heterocycles. The van der Waals surface area contributed by atoms with Crippen LogP contribution in [-0.4, -0.2) is 19.8 Å². The van der Waals surface area contributed by atoms with E-state index in [-0.39, 0.29) is 5.82 Å². The highest BCUT2D eigenvalue weighted by molar-refractivity contribution is 5.16. The van der Waals surface area contributed by atoms with Gasteiger partial charge in [-0.05, 0) is 18.4 Å². The van der Waals surface area contributed by atoms with Crippen LogP contribution in [0, 0.1) is 11.7 Å². The lowest BCUT2D eigenvalue weighted by Gasteiger charge is -2.09. The average molecular weight is 209 g/mol. The van der Waals surface area contributed by atoms with Crippen LogP contribution in [0.25, 0.3) is 0 Å². The van der Waals surface area contributed by atoms with Crippen molar-refractivity contribution in [1.82, 2.24) is 5.32 Å². The molecule has 0 saturated carbocycles. The molecular weight excluding hydrogens is 193 g/mol. The van der Waals surface area contributed by atoms with Crippen molar-refractivity contribution in [3.05, 3.63) is 35.6 Å². The van der Waals surface area contributed by atoms with Crippen molar-refractivity contribution in [2.45, 2.75) is 13.0 Å². The molecule has 0 aliphatic carbocycles. The van der Waals surface area contributed by atoms with Crippen LogP contribution in [0.1, 0.15) is 12.0 Å². The first-order valence-electron chi connectivity index (χ1n) is 5.38. The lowest BCUT2D eigenvalue weighted by Crippen LogP contribution is -2.23. The molecule has 1 aromatic rings. The van der Waals surface area contributed by atoms with E-state index in [0.29, 0.717) is 12.5 Å². The molecule has 0 spiro atoms. The Kier molecular flexibility index (Phi) is 3.69. The van der Waals surface area contributed by atoms with E-state index in [0.717, 1.165) is 31.7 Å². The zero-order valence-electron chi connectivity index (χ0n) is 8.71. The Labute approximate surface area is 89.4 Å². The molecule has 1 aliphatic rings. The molecule has 0 bridgehead atoms. The number of halogens is 1. The zero-order valence-corrected chi connectivity index (χ0v) is 8.71. The van der Waals surface area contributed by atoms with Crippen LogP contribution in [0.4, 0.5) is 4.39 Å². The van der Waals surface area contributed by atoms with Crippen molar-refractivity contribution < 1.29 is 9.13 Å². The number of hydrogen-bond acceptors (Lipinski definition) is 2. The highest BCUT2D eigenvalue weighted by Gasteiger charge is 2.14. The molecule has 2 nitrogen and oxygen atoms in total. The van der Waals surface area contributed by atoms with Gasteiger partial charge in [0.1, 0.15) is 5.82 Å². The number of benzene rings is 1. The first-order chi connectivity index (χ1) is 7.36. The van der Waals surface area contributed by atoms with Gasteiger partial charge in [0, 0.05) is 25.3 Å². The van der Waals surface area contributed by atoms with E-state index in [9.17, 15) is 4.39 Å². The Hall–Kier alpha value is -0.930. The van der Waals surface area contributed by atoms with Gasteiger partial charge in [-0.2, -0.15) is 0 Å². The predicted octanol–water partition coefficient (Wildman–Crippen LogP) is 1.95. The molecule has 3 heteroatoms. The maximum absolute atomic E-state index is 13.2. The Balaban J connectivity index is 1.75. The average Bonchev–Trinajstić information content (AvgIpc) is 2.74. The highest BCUT2D eigenvalue weighted by atomic mass is 19.1. The van der Waals surface area contributed by atoms with Crippen LogP contribution in [-0.2, 0) is 11.3 Å². The van der Waals surface area contributed by atoms with E-state index < -0.39 is 0 Å². The Morgan fingerprint density at radius 1 is 1.40 bits per heavy atom. The van der Waals surface area contributed by atoms with Crippen molar-refractivity contribution in [3.8, 4) is 0 Å². The number of ether oxygens (including phenoxy) is 1. The molecule has 1 N–H and O–H groups in total. The minimum Gasteiger partial charge on any atom is -0.381 e. The molecule has 1 atom stereocenters. The summed E-state index contributed by atoms with van der Waals surface area (Å²) in [4.78, 5) is 0. The molecule has 0 amide bonds. The fourth-order valence-electron chi connectivity index (χ4n) is 1.80. The Morgan fingerprint density at radius 2 is 2.27 bits per heavy atom. The van der Waals surface area contributed by atoms with E-state index in [1.807, 2.05) is 12.1 Å². The van der Waals surface area contributed by atoms with Crippen molar-refractivity contribution in [2.24, 2.45) is 5.92 Å². The van der Waals surface area contributed by atoms with Gasteiger partial charge in [-0.1, -0.05) is 18.2 Å². The minimum absolute atomic E-state index is 0.132. The molecule has 1 unspecified atom stereocenters. The minimum atomic E-state index is -0.132. The van der Waals surface area contributed by atoms with Gasteiger partial charge in [0.15, 0.2) is 0 Å². The number of rotatable bonds is 4. The molecule has 0 radical (unpaired) electrons. The van der Waals surface area contributed by atoms with Crippen LogP contribution < -0.4 is 5.32 Å². The summed E-state index contributed by atoms with van der Waals surface area (Å²) >= 11 is 0. The molecule has 82 valence electrons. The summed E-state index contributed by atoms with van der Waals surface area (Å²) in [6.45, 7) is 3.22. The third-order valence-electron chi connectivity index (χ3n) is 2.73. The summed E-state index contributed by atoms with van der Waals surface area (Å²) in [6, 6.07) is 6.88. The maximum Gasteiger partial charge on any atom is 0.127 e. The summed E-state index contributed by atoms with van der Waals surface area (Å²) in [5, 5.41) is 3.26. The van der Waals surface area contributed by atoms with Gasteiger partial charge in [-0.25, -0.2) is 4.39 Å². The molecule has 0 aromatic heterocycles. The van der Waals surface area contributed by atoms with Gasteiger partial charge in [-0.3, -0.25) is 0 Å². The van der Waals surface area contributed by atoms with E-state index in [1.165, 1.54) is 6.07 Å². The van der Waals surface area contributed by atoms with E-state index in [1.54, 1.807) is 6.07 Å². The van der Waals surface area contributed by atoms with Gasteiger partial charge in [0.05, 0.1) is 6.61 Å². The quantitative estimate of drug-likeness (QED) is 0.818. The number of nitrogens with one attached hydrogen (secondary N) is 1. The lowest BCUT2D eigenvalue weighted by molar-refractivity contribution is 0.185. The van der Waals surface area contributed by atoms with E-state index >= 15 is 0 Å². The van der Waals surface area contributed by atoms with Gasteiger partial charge in [-0.15, -0.1) is 0 Å². The number of hydrogen-bond donors (Lipinski definition) is 1. The third kappa shape index (κ3) is 3.01. The molecule has 1 fully saturated rings. The predicted molar refractivity (Wildman–Crippen MR) is 57.0 cm³/mol. The topological polar surface area (TPSA) is 21.3 Å². The molecule has 1 aromatic carbocycles. The molecule has 1 aliphatic heterocycles. The highest BCUT2D eigenvalue weighted by Crippen LogP contribution is 2.11. The van der Waals surface area contributed by atoms with E-state index in [2.05, 4.69) is 5.32 Å². The summed E-state index contributed by atoms with van der Waals surface area (Å²) < 4.78 is 18.5. The second-order valence-corrected chi connectivity index (χ2v) is 3.95. The lowest BCUT2D eigenvalue weighted by atomic mass is 10.1. The molecular formula is C12H16FNO. The molecule has 2 rings (SSSR count). The van der Waals surface area contributed by atoms with Crippen LogP contribution in [0.2, 0.25) is 0 Å². The summed E-state index contributed by atoms with van der Waals surface area (Å²) in [5.74, 6) is 0.462. The Bertz CT molecular complexity index is 310. The first-order valence-corrected chi connectivity index (χ1v) is 5.38. The molecule has 1 saturated heterocycles. The van der Waals surface area contributed by atoms with Crippen molar-refractivity contribution in [2.75, 3.05) is 19.8 Å². The van der Waals surface area contributed by atoms with Crippen molar-refractivity contribution in [3.63, 3.8) is 0 Å². The van der Waals surface area contributed by atoms with Crippen molar-refractivity contribution >= 4 is 0 Å². The van der Waals surface area contributed by atoms with Crippen LogP contribution in [0.5, 0.6) is 0 Å². The largest absolute Gasteiger partial charge is 0.381 e. The third-order valence-corrected chi connectivity index (χ3v) is 2.73. The SMILES string of the molecule is Fc1ccccc1CNCC1CCOC1. The fourth-order valence-corrected chi connectivity index (χ4v) is 1.80. The second kappa shape index (κ2) is 5.24. The Morgan fingerprint density at radius 3 is 3.00 bits per heavy atom. The zero-order chi connectivity index (χ0) is 10.5. The van der Waals surface area contributed by atoms with Crippen LogP contribution in [0.15, 0.2) is 24.3 Å². The summed E-state index contributed by atoms with van der Waals surface area (Å²) in [6.07, 6.45) is 1.12. The van der Waals surface area contributed by atoms with Gasteiger partial charge >= 0.3 is 0 Å². The standard InChI is InChI=1S/C12H16FNO/c13-12-4-2-1-3-11(12)8-14-7-10-5-6-15-9-10/h1-4,10,14H,5-9H2. The first kappa shape index (κ1) is 10.6. The van der Waals surface area contributed by atoms with Crippen molar-refractivity contribution in [1.29, 1.82) is 0 Å². The normalized spacial score (nSPS) is 20.7. The monoisotopic (exact) mass is 209 g/mol.